The van der Waals surface area contributed by atoms with Crippen molar-refractivity contribution in [2.75, 3.05) is 12.3 Å². The first-order chi connectivity index (χ1) is 6.77. The summed E-state index contributed by atoms with van der Waals surface area (Å²) in [6.45, 7) is 3.22. The smallest absolute Gasteiger partial charge is 0.123 e. The van der Waals surface area contributed by atoms with Gasteiger partial charge < -0.3 is 11.1 Å². The number of aryl methyl sites for hydroxylation is 1. The zero-order valence-corrected chi connectivity index (χ0v) is 8.59. The van der Waals surface area contributed by atoms with Crippen LogP contribution in [-0.4, -0.2) is 11.5 Å². The van der Waals surface area contributed by atoms with Crippen LogP contribution in [0.3, 0.4) is 0 Å². The molecule has 1 atom stereocenters. The number of anilines is 1. The standard InChI is InChI=1S/C11H17N3/c1-8-6-11(12)14-7-9(8)10-4-2-3-5-13-10/h6-7,10,13H,2-5H2,1H3,(H2,12,14)/t10-/m1/s1. The lowest BCUT2D eigenvalue weighted by Gasteiger charge is -2.24. The normalized spacial score (nSPS) is 22.2. The van der Waals surface area contributed by atoms with Crippen LogP contribution in [0, 0.1) is 6.92 Å². The zero-order valence-electron chi connectivity index (χ0n) is 8.59. The van der Waals surface area contributed by atoms with Gasteiger partial charge in [-0.15, -0.1) is 0 Å². The number of aromatic nitrogens is 1. The SMILES string of the molecule is Cc1cc(N)ncc1[C@H]1CCCCN1. The Labute approximate surface area is 84.7 Å². The van der Waals surface area contributed by atoms with Crippen LogP contribution >= 0.6 is 0 Å². The molecule has 3 heteroatoms. The van der Waals surface area contributed by atoms with E-state index in [0.717, 1.165) is 6.54 Å². The van der Waals surface area contributed by atoms with E-state index in [1.165, 1.54) is 30.4 Å². The largest absolute Gasteiger partial charge is 0.384 e. The highest BCUT2D eigenvalue weighted by molar-refractivity contribution is 5.37. The van der Waals surface area contributed by atoms with Crippen LogP contribution in [0.15, 0.2) is 12.3 Å². The van der Waals surface area contributed by atoms with Gasteiger partial charge in [0.25, 0.3) is 0 Å². The number of pyridine rings is 1. The Morgan fingerprint density at radius 1 is 1.50 bits per heavy atom. The minimum absolute atomic E-state index is 0.483. The van der Waals surface area contributed by atoms with E-state index in [0.29, 0.717) is 11.9 Å². The lowest BCUT2D eigenvalue weighted by atomic mass is 9.96. The molecule has 2 heterocycles. The van der Waals surface area contributed by atoms with Gasteiger partial charge in [-0.1, -0.05) is 6.42 Å². The predicted octanol–water partition coefficient (Wildman–Crippen LogP) is 1.79. The van der Waals surface area contributed by atoms with Gasteiger partial charge in [-0.3, -0.25) is 0 Å². The van der Waals surface area contributed by atoms with Crippen molar-refractivity contribution in [1.29, 1.82) is 0 Å². The average molecular weight is 191 g/mol. The topological polar surface area (TPSA) is 50.9 Å². The second-order valence-corrected chi connectivity index (χ2v) is 3.97. The Balaban J connectivity index is 2.22. The molecule has 1 aromatic heterocycles. The average Bonchev–Trinajstić information content (AvgIpc) is 2.19. The molecular weight excluding hydrogens is 174 g/mol. The Bertz CT molecular complexity index is 316. The summed E-state index contributed by atoms with van der Waals surface area (Å²) in [5, 5.41) is 3.51. The molecule has 0 aromatic carbocycles. The maximum absolute atomic E-state index is 5.63. The van der Waals surface area contributed by atoms with Crippen molar-refractivity contribution < 1.29 is 0 Å². The number of rotatable bonds is 1. The number of hydrogen-bond donors (Lipinski definition) is 2. The van der Waals surface area contributed by atoms with Gasteiger partial charge in [0, 0.05) is 12.2 Å². The molecule has 0 unspecified atom stereocenters. The van der Waals surface area contributed by atoms with Crippen molar-refractivity contribution in [3.8, 4) is 0 Å². The van der Waals surface area contributed by atoms with Crippen molar-refractivity contribution in [1.82, 2.24) is 10.3 Å². The molecule has 1 saturated heterocycles. The number of nitrogens with one attached hydrogen (secondary N) is 1. The van der Waals surface area contributed by atoms with Crippen LogP contribution < -0.4 is 11.1 Å². The Hall–Kier alpha value is -1.09. The molecule has 3 nitrogen and oxygen atoms in total. The van der Waals surface area contributed by atoms with Gasteiger partial charge in [0.1, 0.15) is 5.82 Å². The lowest BCUT2D eigenvalue weighted by molar-refractivity contribution is 0.410. The molecule has 0 aliphatic carbocycles. The molecule has 2 rings (SSSR count). The molecule has 1 aliphatic rings. The summed E-state index contributed by atoms with van der Waals surface area (Å²) in [5.74, 6) is 0.613. The Morgan fingerprint density at radius 3 is 3.00 bits per heavy atom. The van der Waals surface area contributed by atoms with E-state index in [1.807, 2.05) is 12.3 Å². The van der Waals surface area contributed by atoms with Gasteiger partial charge in [0.15, 0.2) is 0 Å². The quantitative estimate of drug-likeness (QED) is 0.711. The molecule has 76 valence electrons. The van der Waals surface area contributed by atoms with Gasteiger partial charge >= 0.3 is 0 Å². The maximum Gasteiger partial charge on any atom is 0.123 e. The lowest BCUT2D eigenvalue weighted by Crippen LogP contribution is -2.27. The number of nitrogens with two attached hydrogens (primary N) is 1. The van der Waals surface area contributed by atoms with E-state index in [2.05, 4.69) is 17.2 Å². The first kappa shape index (κ1) is 9.46. The van der Waals surface area contributed by atoms with Crippen LogP contribution in [0.25, 0.3) is 0 Å². The van der Waals surface area contributed by atoms with E-state index in [-0.39, 0.29) is 0 Å². The second kappa shape index (κ2) is 3.96. The van der Waals surface area contributed by atoms with Gasteiger partial charge in [0.2, 0.25) is 0 Å². The summed E-state index contributed by atoms with van der Waals surface area (Å²) in [5.41, 5.74) is 8.18. The minimum Gasteiger partial charge on any atom is -0.384 e. The first-order valence-electron chi connectivity index (χ1n) is 5.23. The van der Waals surface area contributed by atoms with Gasteiger partial charge in [0.05, 0.1) is 0 Å². The number of nitrogens with zero attached hydrogens (tertiary/aromatic N) is 1. The number of nitrogen functional groups attached to an aromatic ring is 1. The van der Waals surface area contributed by atoms with Crippen LogP contribution in [0.2, 0.25) is 0 Å². The van der Waals surface area contributed by atoms with E-state index in [9.17, 15) is 0 Å². The molecule has 0 spiro atoms. The van der Waals surface area contributed by atoms with Gasteiger partial charge in [-0.2, -0.15) is 0 Å². The van der Waals surface area contributed by atoms with Gasteiger partial charge in [-0.05, 0) is 43.5 Å². The zero-order chi connectivity index (χ0) is 9.97. The molecule has 3 N–H and O–H groups in total. The molecular formula is C11H17N3. The van der Waals surface area contributed by atoms with E-state index < -0.39 is 0 Å². The number of piperidine rings is 1. The summed E-state index contributed by atoms with van der Waals surface area (Å²) in [7, 11) is 0. The minimum atomic E-state index is 0.483. The van der Waals surface area contributed by atoms with Crippen molar-refractivity contribution >= 4 is 5.82 Å². The van der Waals surface area contributed by atoms with Crippen LogP contribution in [0.5, 0.6) is 0 Å². The fourth-order valence-electron chi connectivity index (χ4n) is 2.07. The first-order valence-corrected chi connectivity index (χ1v) is 5.23. The molecule has 14 heavy (non-hydrogen) atoms. The van der Waals surface area contributed by atoms with E-state index in [1.54, 1.807) is 0 Å². The molecule has 0 amide bonds. The summed E-state index contributed by atoms with van der Waals surface area (Å²) in [6.07, 6.45) is 5.72. The monoisotopic (exact) mass is 191 g/mol. The molecule has 1 fully saturated rings. The Kier molecular flexibility index (Phi) is 2.68. The highest BCUT2D eigenvalue weighted by Gasteiger charge is 2.16. The van der Waals surface area contributed by atoms with E-state index in [4.69, 9.17) is 5.73 Å². The maximum atomic E-state index is 5.63. The highest BCUT2D eigenvalue weighted by Crippen LogP contribution is 2.25. The van der Waals surface area contributed by atoms with Crippen molar-refractivity contribution in [3.63, 3.8) is 0 Å². The molecule has 1 aromatic rings. The number of hydrogen-bond acceptors (Lipinski definition) is 3. The fourth-order valence-corrected chi connectivity index (χ4v) is 2.07. The molecule has 0 radical (unpaired) electrons. The predicted molar refractivity (Wildman–Crippen MR) is 58.0 cm³/mol. The van der Waals surface area contributed by atoms with Crippen molar-refractivity contribution in [3.05, 3.63) is 23.4 Å². The molecule has 1 aliphatic heterocycles. The van der Waals surface area contributed by atoms with Gasteiger partial charge in [-0.25, -0.2) is 4.98 Å². The third-order valence-corrected chi connectivity index (χ3v) is 2.86. The summed E-state index contributed by atoms with van der Waals surface area (Å²) in [6, 6.07) is 2.43. The Morgan fingerprint density at radius 2 is 2.36 bits per heavy atom. The van der Waals surface area contributed by atoms with Crippen molar-refractivity contribution in [2.24, 2.45) is 0 Å². The summed E-state index contributed by atoms with van der Waals surface area (Å²) < 4.78 is 0. The second-order valence-electron chi connectivity index (χ2n) is 3.97. The van der Waals surface area contributed by atoms with Crippen LogP contribution in [-0.2, 0) is 0 Å². The third kappa shape index (κ3) is 1.87. The molecule has 0 saturated carbocycles. The van der Waals surface area contributed by atoms with Crippen LogP contribution in [0.1, 0.15) is 36.4 Å². The van der Waals surface area contributed by atoms with Crippen molar-refractivity contribution in [2.45, 2.75) is 32.2 Å². The summed E-state index contributed by atoms with van der Waals surface area (Å²) in [4.78, 5) is 4.15. The highest BCUT2D eigenvalue weighted by atomic mass is 14.9. The fraction of sp³-hybridized carbons (Fsp3) is 0.545. The van der Waals surface area contributed by atoms with E-state index >= 15 is 0 Å². The third-order valence-electron chi connectivity index (χ3n) is 2.86. The van der Waals surface area contributed by atoms with Crippen LogP contribution in [0.4, 0.5) is 5.82 Å². The summed E-state index contributed by atoms with van der Waals surface area (Å²) >= 11 is 0. The molecule has 0 bridgehead atoms.